The van der Waals surface area contributed by atoms with Gasteiger partial charge in [-0.15, -0.1) is 0 Å². The van der Waals surface area contributed by atoms with Crippen molar-refractivity contribution in [2.24, 2.45) is 10.9 Å². The van der Waals surface area contributed by atoms with Crippen molar-refractivity contribution in [3.63, 3.8) is 0 Å². The molecule has 0 bridgehead atoms. The van der Waals surface area contributed by atoms with Gasteiger partial charge in [-0.1, -0.05) is 16.8 Å². The van der Waals surface area contributed by atoms with E-state index in [1.165, 1.54) is 0 Å². The number of nitrogens with two attached hydrogens (primary N) is 1. The van der Waals surface area contributed by atoms with E-state index in [0.29, 0.717) is 17.1 Å². The van der Waals surface area contributed by atoms with Crippen LogP contribution in [-0.4, -0.2) is 35.8 Å². The zero-order valence-corrected chi connectivity index (χ0v) is 10.4. The van der Waals surface area contributed by atoms with Gasteiger partial charge in [0.2, 0.25) is 0 Å². The highest BCUT2D eigenvalue weighted by atomic mass is 35.5. The minimum Gasteiger partial charge on any atom is -0.409 e. The molecule has 0 heterocycles. The van der Waals surface area contributed by atoms with E-state index >= 15 is 0 Å². The Morgan fingerprint density at radius 3 is 2.71 bits per heavy atom. The summed E-state index contributed by atoms with van der Waals surface area (Å²) in [4.78, 5) is 1.94. The van der Waals surface area contributed by atoms with Crippen molar-refractivity contribution in [1.29, 1.82) is 0 Å². The molecular formula is C11H16ClN3O2. The number of nitrogens with zero attached hydrogens (tertiary/aromatic N) is 2. The largest absolute Gasteiger partial charge is 0.409 e. The fourth-order valence-corrected chi connectivity index (χ4v) is 1.85. The van der Waals surface area contributed by atoms with Gasteiger partial charge in [0.15, 0.2) is 5.84 Å². The van der Waals surface area contributed by atoms with E-state index in [4.69, 9.17) is 27.6 Å². The molecule has 1 aromatic carbocycles. The number of oxime groups is 1. The lowest BCUT2D eigenvalue weighted by atomic mass is 10.2. The summed E-state index contributed by atoms with van der Waals surface area (Å²) in [7, 11) is 0. The van der Waals surface area contributed by atoms with Crippen LogP contribution in [0.2, 0.25) is 5.02 Å². The van der Waals surface area contributed by atoms with E-state index in [2.05, 4.69) is 5.16 Å². The first-order chi connectivity index (χ1) is 8.13. The molecule has 0 atom stereocenters. The lowest BCUT2D eigenvalue weighted by Gasteiger charge is -2.23. The van der Waals surface area contributed by atoms with Crippen molar-refractivity contribution in [2.45, 2.75) is 6.92 Å². The molecule has 1 aromatic rings. The summed E-state index contributed by atoms with van der Waals surface area (Å²) in [6, 6.07) is 5.14. The number of aliphatic hydroxyl groups excluding tert-OH is 1. The molecule has 0 saturated heterocycles. The van der Waals surface area contributed by atoms with E-state index in [1.54, 1.807) is 18.2 Å². The number of likely N-dealkylation sites (N-methyl/N-ethyl adjacent to an activating group) is 1. The highest BCUT2D eigenvalue weighted by Crippen LogP contribution is 2.26. The summed E-state index contributed by atoms with van der Waals surface area (Å²) in [6.45, 7) is 3.29. The number of rotatable bonds is 5. The lowest BCUT2D eigenvalue weighted by molar-refractivity contribution is 0.302. The molecule has 5 nitrogen and oxygen atoms in total. The molecule has 0 spiro atoms. The van der Waals surface area contributed by atoms with Crippen LogP contribution < -0.4 is 10.6 Å². The molecule has 0 fully saturated rings. The molecule has 4 N–H and O–H groups in total. The summed E-state index contributed by atoms with van der Waals surface area (Å²) in [5.74, 6) is 0.0173. The SMILES string of the molecule is CCN(CCO)c1ccc(/C(N)=N/O)cc1Cl. The van der Waals surface area contributed by atoms with Gasteiger partial charge in [0.05, 0.1) is 17.3 Å². The minimum atomic E-state index is 0.0173. The van der Waals surface area contributed by atoms with Gasteiger partial charge in [0.1, 0.15) is 0 Å². The van der Waals surface area contributed by atoms with Gasteiger partial charge in [-0.2, -0.15) is 0 Å². The fraction of sp³-hybridized carbons (Fsp3) is 0.364. The predicted molar refractivity (Wildman–Crippen MR) is 68.9 cm³/mol. The Morgan fingerprint density at radius 2 is 2.24 bits per heavy atom. The van der Waals surface area contributed by atoms with E-state index < -0.39 is 0 Å². The smallest absolute Gasteiger partial charge is 0.170 e. The summed E-state index contributed by atoms with van der Waals surface area (Å²) >= 11 is 6.12. The van der Waals surface area contributed by atoms with Crippen molar-refractivity contribution in [3.05, 3.63) is 28.8 Å². The quantitative estimate of drug-likeness (QED) is 0.321. The Morgan fingerprint density at radius 1 is 1.53 bits per heavy atom. The Balaban J connectivity index is 3.04. The van der Waals surface area contributed by atoms with E-state index in [1.807, 2.05) is 11.8 Å². The summed E-state index contributed by atoms with van der Waals surface area (Å²) in [5, 5.41) is 20.9. The maximum atomic E-state index is 8.94. The molecule has 0 aliphatic carbocycles. The van der Waals surface area contributed by atoms with Gasteiger partial charge < -0.3 is 20.9 Å². The molecule has 94 valence electrons. The van der Waals surface area contributed by atoms with Gasteiger partial charge in [-0.25, -0.2) is 0 Å². The molecule has 17 heavy (non-hydrogen) atoms. The number of benzene rings is 1. The number of anilines is 1. The predicted octanol–water partition coefficient (Wildman–Crippen LogP) is 1.25. The Kier molecular flexibility index (Phi) is 5.06. The standard InChI is InChI=1S/C11H16ClN3O2/c1-2-15(5-6-16)10-4-3-8(7-9(10)12)11(13)14-17/h3-4,7,16-17H,2,5-6H2,1H3,(H2,13,14). The van der Waals surface area contributed by atoms with Crippen molar-refractivity contribution in [1.82, 2.24) is 0 Å². The zero-order valence-electron chi connectivity index (χ0n) is 9.60. The molecule has 0 aliphatic heterocycles. The Labute approximate surface area is 105 Å². The van der Waals surface area contributed by atoms with Crippen LogP contribution in [0.25, 0.3) is 0 Å². The third-order valence-corrected chi connectivity index (χ3v) is 2.75. The van der Waals surface area contributed by atoms with Crippen LogP contribution >= 0.6 is 11.6 Å². The first-order valence-corrected chi connectivity index (χ1v) is 5.65. The highest BCUT2D eigenvalue weighted by molar-refractivity contribution is 6.33. The van der Waals surface area contributed by atoms with Crippen LogP contribution in [0.4, 0.5) is 5.69 Å². The van der Waals surface area contributed by atoms with Crippen LogP contribution in [0.3, 0.4) is 0 Å². The lowest BCUT2D eigenvalue weighted by Crippen LogP contribution is -2.26. The third-order valence-electron chi connectivity index (χ3n) is 2.44. The average Bonchev–Trinajstić information content (AvgIpc) is 2.35. The highest BCUT2D eigenvalue weighted by Gasteiger charge is 2.10. The molecule has 6 heteroatoms. The van der Waals surface area contributed by atoms with Crippen LogP contribution in [-0.2, 0) is 0 Å². The van der Waals surface area contributed by atoms with Crippen LogP contribution in [0.5, 0.6) is 0 Å². The molecule has 0 radical (unpaired) electrons. The molecule has 0 amide bonds. The Bertz CT molecular complexity index is 410. The zero-order chi connectivity index (χ0) is 12.8. The molecule has 0 saturated carbocycles. The monoisotopic (exact) mass is 257 g/mol. The molecule has 1 rings (SSSR count). The number of aliphatic hydroxyl groups is 1. The van der Waals surface area contributed by atoms with Crippen molar-refractivity contribution < 1.29 is 10.3 Å². The summed E-state index contributed by atoms with van der Waals surface area (Å²) in [5.41, 5.74) is 6.84. The van der Waals surface area contributed by atoms with Crippen molar-refractivity contribution in [2.75, 3.05) is 24.6 Å². The average molecular weight is 258 g/mol. The number of halogens is 1. The van der Waals surface area contributed by atoms with E-state index in [9.17, 15) is 0 Å². The topological polar surface area (TPSA) is 82.1 Å². The molecule has 0 unspecified atom stereocenters. The van der Waals surface area contributed by atoms with Gasteiger partial charge in [-0.3, -0.25) is 0 Å². The number of hydrogen-bond donors (Lipinski definition) is 3. The first kappa shape index (κ1) is 13.6. The molecule has 0 aromatic heterocycles. The maximum absolute atomic E-state index is 8.94. The normalized spacial score (nSPS) is 11.6. The van der Waals surface area contributed by atoms with E-state index in [-0.39, 0.29) is 12.4 Å². The van der Waals surface area contributed by atoms with Gasteiger partial charge >= 0.3 is 0 Å². The molecule has 0 aliphatic rings. The van der Waals surface area contributed by atoms with Crippen LogP contribution in [0.1, 0.15) is 12.5 Å². The van der Waals surface area contributed by atoms with Crippen molar-refractivity contribution >= 4 is 23.1 Å². The van der Waals surface area contributed by atoms with Crippen LogP contribution in [0.15, 0.2) is 23.4 Å². The second-order valence-electron chi connectivity index (χ2n) is 3.45. The second-order valence-corrected chi connectivity index (χ2v) is 3.86. The Hall–Kier alpha value is -1.46. The number of hydrogen-bond acceptors (Lipinski definition) is 4. The van der Waals surface area contributed by atoms with Gasteiger partial charge in [-0.05, 0) is 25.1 Å². The second kappa shape index (κ2) is 6.32. The number of amidine groups is 1. The molecular weight excluding hydrogens is 242 g/mol. The van der Waals surface area contributed by atoms with Gasteiger partial charge in [0.25, 0.3) is 0 Å². The van der Waals surface area contributed by atoms with Gasteiger partial charge in [0, 0.05) is 18.7 Å². The van der Waals surface area contributed by atoms with Crippen molar-refractivity contribution in [3.8, 4) is 0 Å². The first-order valence-electron chi connectivity index (χ1n) is 5.27. The van der Waals surface area contributed by atoms with Crippen LogP contribution in [0, 0.1) is 0 Å². The fourth-order valence-electron chi connectivity index (χ4n) is 1.55. The minimum absolute atomic E-state index is 0.0173. The van der Waals surface area contributed by atoms with E-state index in [0.717, 1.165) is 12.2 Å². The third kappa shape index (κ3) is 3.25. The summed E-state index contributed by atoms with van der Waals surface area (Å²) < 4.78 is 0. The maximum Gasteiger partial charge on any atom is 0.170 e. The summed E-state index contributed by atoms with van der Waals surface area (Å²) in [6.07, 6.45) is 0.